The first-order valence-corrected chi connectivity index (χ1v) is 13.3. The second-order valence-electron chi connectivity index (χ2n) is 9.80. The normalized spacial score (nSPS) is 13.2. The zero-order chi connectivity index (χ0) is 30.1. The van der Waals surface area contributed by atoms with Crippen LogP contribution in [0.2, 0.25) is 0 Å². The van der Waals surface area contributed by atoms with E-state index in [2.05, 4.69) is 20.0 Å². The molecule has 0 aliphatic carbocycles. The molecular formula is C31H23F4N5O3. The first-order chi connectivity index (χ1) is 20.7. The third-order valence-corrected chi connectivity index (χ3v) is 6.98. The van der Waals surface area contributed by atoms with Crippen molar-refractivity contribution in [2.45, 2.75) is 25.5 Å². The monoisotopic (exact) mass is 589 g/mol. The number of hydrogen-bond acceptors (Lipinski definition) is 6. The SMILES string of the molecule is O=C1c2ccccc2C(=O)N1CCCn1cc(-c2ccnc(Nc3cccc(OC(F)(F)C(F)F)c3)n2)c2ccccc21. The Labute approximate surface area is 242 Å². The lowest BCUT2D eigenvalue weighted by atomic mass is 10.1. The van der Waals surface area contributed by atoms with E-state index in [0.717, 1.165) is 28.6 Å². The van der Waals surface area contributed by atoms with Crippen LogP contribution >= 0.6 is 0 Å². The van der Waals surface area contributed by atoms with Crippen LogP contribution in [0, 0.1) is 0 Å². The molecule has 0 spiro atoms. The quantitative estimate of drug-likeness (QED) is 0.143. The van der Waals surface area contributed by atoms with Gasteiger partial charge in [-0.1, -0.05) is 36.4 Å². The summed E-state index contributed by atoms with van der Waals surface area (Å²) in [4.78, 5) is 35.5. The molecule has 5 aromatic rings. The summed E-state index contributed by atoms with van der Waals surface area (Å²) in [5.41, 5.74) is 3.40. The van der Waals surface area contributed by atoms with Gasteiger partial charge in [0.2, 0.25) is 5.95 Å². The number of imide groups is 1. The lowest BCUT2D eigenvalue weighted by Gasteiger charge is -2.17. The zero-order valence-electron chi connectivity index (χ0n) is 22.4. The van der Waals surface area contributed by atoms with E-state index in [9.17, 15) is 27.2 Å². The van der Waals surface area contributed by atoms with Gasteiger partial charge in [0.15, 0.2) is 0 Å². The van der Waals surface area contributed by atoms with Crippen LogP contribution in [0.15, 0.2) is 91.3 Å². The van der Waals surface area contributed by atoms with E-state index in [0.29, 0.717) is 29.8 Å². The van der Waals surface area contributed by atoms with Crippen molar-refractivity contribution in [3.63, 3.8) is 0 Å². The van der Waals surface area contributed by atoms with Crippen LogP contribution in [-0.2, 0) is 6.54 Å². The Balaban J connectivity index is 1.19. The van der Waals surface area contributed by atoms with Crippen molar-refractivity contribution in [2.24, 2.45) is 0 Å². The number of amides is 2. The summed E-state index contributed by atoms with van der Waals surface area (Å²) in [6, 6.07) is 21.4. The second kappa shape index (κ2) is 11.2. The molecule has 0 unspecified atom stereocenters. The molecule has 2 aromatic heterocycles. The van der Waals surface area contributed by atoms with Crippen molar-refractivity contribution in [3.05, 3.63) is 102 Å². The number of fused-ring (bicyclic) bond motifs is 2. The largest absolute Gasteiger partial charge is 0.461 e. The number of alkyl halides is 4. The van der Waals surface area contributed by atoms with Gasteiger partial charge in [-0.25, -0.2) is 9.97 Å². The summed E-state index contributed by atoms with van der Waals surface area (Å²) in [6.45, 7) is 0.794. The van der Waals surface area contributed by atoms with Crippen molar-refractivity contribution in [3.8, 4) is 17.0 Å². The maximum Gasteiger partial charge on any atom is 0.461 e. The Morgan fingerprint density at radius 1 is 0.860 bits per heavy atom. The van der Waals surface area contributed by atoms with Crippen molar-refractivity contribution in [2.75, 3.05) is 11.9 Å². The predicted molar refractivity (Wildman–Crippen MR) is 151 cm³/mol. The summed E-state index contributed by atoms with van der Waals surface area (Å²) >= 11 is 0. The molecule has 6 rings (SSSR count). The molecular weight excluding hydrogens is 566 g/mol. The molecule has 0 bridgehead atoms. The van der Waals surface area contributed by atoms with E-state index in [1.807, 2.05) is 35.0 Å². The highest BCUT2D eigenvalue weighted by molar-refractivity contribution is 6.21. The van der Waals surface area contributed by atoms with E-state index >= 15 is 0 Å². The molecule has 1 N–H and O–H groups in total. The third kappa shape index (κ3) is 5.51. The molecule has 8 nitrogen and oxygen atoms in total. The lowest BCUT2D eigenvalue weighted by Crippen LogP contribution is -2.33. The number of aromatic nitrogens is 3. The fourth-order valence-corrected chi connectivity index (χ4v) is 5.01. The molecule has 3 heterocycles. The molecule has 2 amide bonds. The van der Waals surface area contributed by atoms with Crippen molar-refractivity contribution in [1.29, 1.82) is 0 Å². The average molecular weight is 590 g/mol. The number of aryl methyl sites for hydroxylation is 1. The molecule has 0 saturated carbocycles. The molecule has 1 aliphatic heterocycles. The number of carbonyl (C=O) groups excluding carboxylic acids is 2. The maximum atomic E-state index is 13.4. The van der Waals surface area contributed by atoms with Crippen LogP contribution < -0.4 is 10.1 Å². The van der Waals surface area contributed by atoms with Gasteiger partial charge in [0.1, 0.15) is 5.75 Å². The van der Waals surface area contributed by atoms with Gasteiger partial charge >= 0.3 is 12.5 Å². The minimum atomic E-state index is -4.63. The molecule has 0 saturated heterocycles. The summed E-state index contributed by atoms with van der Waals surface area (Å²) in [6.07, 6.45) is -4.62. The number of ether oxygens (including phenoxy) is 1. The van der Waals surface area contributed by atoms with E-state index in [4.69, 9.17) is 0 Å². The van der Waals surface area contributed by atoms with E-state index in [1.54, 1.807) is 30.3 Å². The summed E-state index contributed by atoms with van der Waals surface area (Å²) in [5.74, 6) is -0.882. The van der Waals surface area contributed by atoms with Gasteiger partial charge in [0, 0.05) is 53.7 Å². The van der Waals surface area contributed by atoms with E-state index < -0.39 is 18.3 Å². The second-order valence-corrected chi connectivity index (χ2v) is 9.80. The minimum absolute atomic E-state index is 0.151. The topological polar surface area (TPSA) is 89.4 Å². The fourth-order valence-electron chi connectivity index (χ4n) is 5.01. The van der Waals surface area contributed by atoms with Crippen molar-refractivity contribution >= 4 is 34.4 Å². The summed E-state index contributed by atoms with van der Waals surface area (Å²) in [5, 5.41) is 3.81. The number of halogens is 4. The number of benzene rings is 3. The highest BCUT2D eigenvalue weighted by Gasteiger charge is 2.44. The Morgan fingerprint density at radius 2 is 1.58 bits per heavy atom. The van der Waals surface area contributed by atoms with Gasteiger partial charge in [0.25, 0.3) is 11.8 Å². The van der Waals surface area contributed by atoms with Crippen LogP contribution in [-0.4, -0.2) is 50.3 Å². The van der Waals surface area contributed by atoms with Crippen LogP contribution in [0.3, 0.4) is 0 Å². The predicted octanol–water partition coefficient (Wildman–Crippen LogP) is 6.76. The minimum Gasteiger partial charge on any atom is -0.428 e. The summed E-state index contributed by atoms with van der Waals surface area (Å²) in [7, 11) is 0. The average Bonchev–Trinajstić information content (AvgIpc) is 3.48. The number of nitrogens with one attached hydrogen (secondary N) is 1. The number of carbonyl (C=O) groups is 2. The molecule has 218 valence electrons. The molecule has 43 heavy (non-hydrogen) atoms. The molecule has 12 heteroatoms. The molecule has 0 radical (unpaired) electrons. The Bertz CT molecular complexity index is 1810. The number of anilines is 2. The highest BCUT2D eigenvalue weighted by atomic mass is 19.3. The highest BCUT2D eigenvalue weighted by Crippen LogP contribution is 2.32. The standard InChI is InChI=1S/C31H23F4N5O3/c32-29(33)31(34,35)43-20-8-5-7-19(17-20)37-30-36-14-13-25(38-30)24-18-39(26-12-4-3-9-21(24)26)15-6-16-40-27(41)22-10-1-2-11-23(22)28(40)42/h1-5,7-14,17-18,29H,6,15-16H2,(H,36,37,38). The first kappa shape index (κ1) is 27.9. The van der Waals surface area contributed by atoms with Crippen LogP contribution in [0.5, 0.6) is 5.75 Å². The number of para-hydroxylation sites is 1. The zero-order valence-corrected chi connectivity index (χ0v) is 22.4. The first-order valence-electron chi connectivity index (χ1n) is 13.3. The van der Waals surface area contributed by atoms with Crippen LogP contribution in [0.4, 0.5) is 29.2 Å². The van der Waals surface area contributed by atoms with Gasteiger partial charge < -0.3 is 14.6 Å². The molecule has 0 fully saturated rings. The van der Waals surface area contributed by atoms with Gasteiger partial charge in [-0.05, 0) is 42.8 Å². The Kier molecular flexibility index (Phi) is 7.26. The molecule has 1 aliphatic rings. The van der Waals surface area contributed by atoms with Gasteiger partial charge in [-0.3, -0.25) is 14.5 Å². The van der Waals surface area contributed by atoms with E-state index in [1.165, 1.54) is 23.2 Å². The van der Waals surface area contributed by atoms with E-state index in [-0.39, 0.29) is 30.0 Å². The summed E-state index contributed by atoms with van der Waals surface area (Å²) < 4.78 is 58.0. The van der Waals surface area contributed by atoms with Crippen LogP contribution in [0.25, 0.3) is 22.2 Å². The number of hydrogen-bond donors (Lipinski definition) is 1. The number of nitrogens with zero attached hydrogens (tertiary/aromatic N) is 4. The third-order valence-electron chi connectivity index (χ3n) is 6.98. The van der Waals surface area contributed by atoms with Gasteiger partial charge in [-0.2, -0.15) is 17.6 Å². The van der Waals surface area contributed by atoms with Gasteiger partial charge in [-0.15, -0.1) is 0 Å². The number of rotatable bonds is 10. The Morgan fingerprint density at radius 3 is 2.33 bits per heavy atom. The van der Waals surface area contributed by atoms with Crippen molar-refractivity contribution < 1.29 is 31.9 Å². The van der Waals surface area contributed by atoms with Crippen LogP contribution in [0.1, 0.15) is 27.1 Å². The smallest absolute Gasteiger partial charge is 0.428 e. The van der Waals surface area contributed by atoms with Gasteiger partial charge in [0.05, 0.1) is 16.8 Å². The molecule has 0 atom stereocenters. The lowest BCUT2D eigenvalue weighted by molar-refractivity contribution is -0.253. The van der Waals surface area contributed by atoms with Crippen molar-refractivity contribution in [1.82, 2.24) is 19.4 Å². The Hall–Kier alpha value is -5.26. The maximum absolute atomic E-state index is 13.4. The fraction of sp³-hybridized carbons (Fsp3) is 0.161. The molecule has 3 aromatic carbocycles.